The van der Waals surface area contributed by atoms with E-state index in [1.807, 2.05) is 13.0 Å². The van der Waals surface area contributed by atoms with Crippen LogP contribution < -0.4 is 5.32 Å². The maximum absolute atomic E-state index is 13.2. The van der Waals surface area contributed by atoms with Crippen LogP contribution in [-0.4, -0.2) is 17.6 Å². The molecule has 0 aromatic carbocycles. The van der Waals surface area contributed by atoms with Crippen molar-refractivity contribution in [1.29, 1.82) is 0 Å². The first-order chi connectivity index (χ1) is 8.05. The summed E-state index contributed by atoms with van der Waals surface area (Å²) in [5.41, 5.74) is 0.839. The molecule has 0 bridgehead atoms. The predicted molar refractivity (Wildman–Crippen MR) is 59.9 cm³/mol. The minimum atomic E-state index is -2.46. The molecule has 5 heteroatoms. The van der Waals surface area contributed by atoms with E-state index in [0.29, 0.717) is 19.5 Å². The normalized spacial score (nSPS) is 23.8. The molecule has 96 valence electrons. The van der Waals surface area contributed by atoms with Crippen molar-refractivity contribution < 1.29 is 13.3 Å². The van der Waals surface area contributed by atoms with Gasteiger partial charge in [0.05, 0.1) is 12.2 Å². The van der Waals surface area contributed by atoms with E-state index >= 15 is 0 Å². The van der Waals surface area contributed by atoms with Gasteiger partial charge in [0, 0.05) is 18.9 Å². The number of aromatic nitrogens is 1. The van der Waals surface area contributed by atoms with Gasteiger partial charge in [-0.15, -0.1) is 0 Å². The Labute approximate surface area is 99.6 Å². The largest absolute Gasteiger partial charge is 0.360 e. The number of hydrogen-bond donors (Lipinski definition) is 1. The molecule has 1 aromatic heterocycles. The highest BCUT2D eigenvalue weighted by molar-refractivity contribution is 5.02. The van der Waals surface area contributed by atoms with Crippen LogP contribution >= 0.6 is 0 Å². The summed E-state index contributed by atoms with van der Waals surface area (Å²) in [6.07, 6.45) is 1.57. The smallest absolute Gasteiger partial charge is 0.248 e. The van der Waals surface area contributed by atoms with Gasteiger partial charge in [-0.2, -0.15) is 0 Å². The summed E-state index contributed by atoms with van der Waals surface area (Å²) in [4.78, 5) is 0. The number of nitrogens with one attached hydrogen (secondary N) is 1. The summed E-state index contributed by atoms with van der Waals surface area (Å²) in [5, 5.41) is 6.93. The minimum Gasteiger partial charge on any atom is -0.360 e. The van der Waals surface area contributed by atoms with Crippen LogP contribution in [0.25, 0.3) is 0 Å². The van der Waals surface area contributed by atoms with Gasteiger partial charge in [0.2, 0.25) is 5.92 Å². The van der Waals surface area contributed by atoms with Crippen LogP contribution in [-0.2, 0) is 6.54 Å². The van der Waals surface area contributed by atoms with E-state index in [2.05, 4.69) is 10.5 Å². The molecule has 1 saturated carbocycles. The maximum atomic E-state index is 13.2. The maximum Gasteiger partial charge on any atom is 0.248 e. The molecule has 2 rings (SSSR count). The Hall–Kier alpha value is -0.970. The molecule has 0 amide bonds. The highest BCUT2D eigenvalue weighted by Gasteiger charge is 2.35. The molecule has 17 heavy (non-hydrogen) atoms. The summed E-state index contributed by atoms with van der Waals surface area (Å²) >= 11 is 0. The van der Waals surface area contributed by atoms with Crippen molar-refractivity contribution in [2.75, 3.05) is 6.54 Å². The van der Waals surface area contributed by atoms with Gasteiger partial charge in [-0.25, -0.2) is 8.78 Å². The standard InChI is InChI=1S/C12H18F2N2O/c1-9-5-11(17-16-9)8-15-7-10-3-2-4-12(13,14)6-10/h5,10,15H,2-4,6-8H2,1H3. The summed E-state index contributed by atoms with van der Waals surface area (Å²) in [6, 6.07) is 1.85. The van der Waals surface area contributed by atoms with Gasteiger partial charge in [-0.05, 0) is 32.2 Å². The highest BCUT2D eigenvalue weighted by Crippen LogP contribution is 2.36. The zero-order chi connectivity index (χ0) is 12.3. The van der Waals surface area contributed by atoms with Gasteiger partial charge in [-0.1, -0.05) is 5.16 Å². The molecule has 1 unspecified atom stereocenters. The van der Waals surface area contributed by atoms with Crippen LogP contribution in [0.1, 0.15) is 37.1 Å². The fourth-order valence-electron chi connectivity index (χ4n) is 2.35. The molecule has 0 saturated heterocycles. The van der Waals surface area contributed by atoms with Crippen molar-refractivity contribution in [1.82, 2.24) is 10.5 Å². The minimum absolute atomic E-state index is 0.00936. The Bertz CT molecular complexity index is 365. The SMILES string of the molecule is Cc1cc(CNCC2CCCC(F)(F)C2)on1. The lowest BCUT2D eigenvalue weighted by molar-refractivity contribution is -0.0520. The molecule has 1 atom stereocenters. The number of aryl methyl sites for hydroxylation is 1. The van der Waals surface area contributed by atoms with Crippen molar-refractivity contribution in [2.45, 2.75) is 45.1 Å². The lowest BCUT2D eigenvalue weighted by Crippen LogP contribution is -2.32. The van der Waals surface area contributed by atoms with Crippen molar-refractivity contribution in [3.63, 3.8) is 0 Å². The average Bonchev–Trinajstić information content (AvgIpc) is 2.63. The second-order valence-corrected chi connectivity index (χ2v) is 4.88. The molecule has 1 aliphatic rings. The van der Waals surface area contributed by atoms with Crippen molar-refractivity contribution >= 4 is 0 Å². The van der Waals surface area contributed by atoms with E-state index in [1.54, 1.807) is 0 Å². The Morgan fingerprint density at radius 3 is 3.06 bits per heavy atom. The summed E-state index contributed by atoms with van der Waals surface area (Å²) in [7, 11) is 0. The molecule has 1 aliphatic carbocycles. The second-order valence-electron chi connectivity index (χ2n) is 4.88. The first-order valence-electron chi connectivity index (χ1n) is 6.06. The fraction of sp³-hybridized carbons (Fsp3) is 0.750. The van der Waals surface area contributed by atoms with Crippen LogP contribution in [0, 0.1) is 12.8 Å². The van der Waals surface area contributed by atoms with Gasteiger partial charge in [0.15, 0.2) is 5.76 Å². The zero-order valence-electron chi connectivity index (χ0n) is 10.0. The molecule has 1 fully saturated rings. The third-order valence-electron chi connectivity index (χ3n) is 3.15. The molecule has 0 spiro atoms. The molecule has 3 nitrogen and oxygen atoms in total. The van der Waals surface area contributed by atoms with E-state index in [4.69, 9.17) is 4.52 Å². The number of rotatable bonds is 4. The topological polar surface area (TPSA) is 38.1 Å². The first-order valence-corrected chi connectivity index (χ1v) is 6.06. The van der Waals surface area contributed by atoms with E-state index in [1.165, 1.54) is 0 Å². The molecule has 1 aromatic rings. The second kappa shape index (κ2) is 5.12. The van der Waals surface area contributed by atoms with Gasteiger partial charge < -0.3 is 9.84 Å². The number of nitrogens with zero attached hydrogens (tertiary/aromatic N) is 1. The molecule has 1 N–H and O–H groups in total. The average molecular weight is 244 g/mol. The van der Waals surface area contributed by atoms with Crippen molar-refractivity contribution in [3.8, 4) is 0 Å². The lowest BCUT2D eigenvalue weighted by Gasteiger charge is -2.28. The lowest BCUT2D eigenvalue weighted by atomic mass is 9.86. The monoisotopic (exact) mass is 244 g/mol. The Morgan fingerprint density at radius 2 is 2.41 bits per heavy atom. The third-order valence-corrected chi connectivity index (χ3v) is 3.15. The summed E-state index contributed by atoms with van der Waals surface area (Å²) < 4.78 is 31.3. The molecule has 0 radical (unpaired) electrons. The molecule has 1 heterocycles. The summed E-state index contributed by atoms with van der Waals surface area (Å²) in [5.74, 6) is -1.64. The Kier molecular flexibility index (Phi) is 3.76. The number of hydrogen-bond acceptors (Lipinski definition) is 3. The van der Waals surface area contributed by atoms with Crippen LogP contribution in [0.2, 0.25) is 0 Å². The van der Waals surface area contributed by atoms with Crippen LogP contribution in [0.3, 0.4) is 0 Å². The quantitative estimate of drug-likeness (QED) is 0.885. The van der Waals surface area contributed by atoms with E-state index in [-0.39, 0.29) is 18.8 Å². The van der Waals surface area contributed by atoms with Gasteiger partial charge in [-0.3, -0.25) is 0 Å². The van der Waals surface area contributed by atoms with Crippen molar-refractivity contribution in [2.24, 2.45) is 5.92 Å². The third kappa shape index (κ3) is 3.77. The van der Waals surface area contributed by atoms with Crippen LogP contribution in [0.5, 0.6) is 0 Å². The molecular weight excluding hydrogens is 226 g/mol. The van der Waals surface area contributed by atoms with Crippen molar-refractivity contribution in [3.05, 3.63) is 17.5 Å². The van der Waals surface area contributed by atoms with Gasteiger partial charge in [0.25, 0.3) is 0 Å². The zero-order valence-corrected chi connectivity index (χ0v) is 10.0. The Balaban J connectivity index is 1.71. The van der Waals surface area contributed by atoms with E-state index in [9.17, 15) is 8.78 Å². The van der Waals surface area contributed by atoms with E-state index in [0.717, 1.165) is 17.9 Å². The number of halogens is 2. The first kappa shape index (κ1) is 12.5. The van der Waals surface area contributed by atoms with E-state index < -0.39 is 5.92 Å². The van der Waals surface area contributed by atoms with Gasteiger partial charge in [0.1, 0.15) is 0 Å². The summed E-state index contributed by atoms with van der Waals surface area (Å²) in [6.45, 7) is 3.03. The molecule has 0 aliphatic heterocycles. The van der Waals surface area contributed by atoms with Crippen LogP contribution in [0.15, 0.2) is 10.6 Å². The van der Waals surface area contributed by atoms with Gasteiger partial charge >= 0.3 is 0 Å². The number of alkyl halides is 2. The van der Waals surface area contributed by atoms with Crippen LogP contribution in [0.4, 0.5) is 8.78 Å². The highest BCUT2D eigenvalue weighted by atomic mass is 19.3. The predicted octanol–water partition coefficient (Wildman–Crippen LogP) is 2.90. The Morgan fingerprint density at radius 1 is 1.59 bits per heavy atom. The molecular formula is C12H18F2N2O. The fourth-order valence-corrected chi connectivity index (χ4v) is 2.35.